The van der Waals surface area contributed by atoms with Crippen molar-refractivity contribution in [2.75, 3.05) is 4.90 Å². The third-order valence-electron chi connectivity index (χ3n) is 12.9. The van der Waals surface area contributed by atoms with E-state index >= 15 is 0 Å². The van der Waals surface area contributed by atoms with E-state index in [0.717, 1.165) is 12.1 Å². The van der Waals surface area contributed by atoms with Gasteiger partial charge in [-0.05, 0) is 111 Å². The number of nitrogens with zero attached hydrogens (tertiary/aromatic N) is 2. The molecule has 282 valence electrons. The molecule has 0 aliphatic heterocycles. The molecule has 9 aromatic rings. The van der Waals surface area contributed by atoms with Crippen LogP contribution in [0.2, 0.25) is 0 Å². The summed E-state index contributed by atoms with van der Waals surface area (Å²) in [4.78, 5) is 2.59. The molecule has 0 amide bonds. The highest BCUT2D eigenvalue weighted by atomic mass is 15.2. The highest BCUT2D eigenvalue weighted by Crippen LogP contribution is 2.52. The average molecular weight is 757 g/mol. The molecule has 2 nitrogen and oxygen atoms in total. The SMILES string of the molecule is CC1(C)c2ccccc2-c2ccc(N(c3ccc(-c4ccc5c(c4)c4ccccc4n5-c4ccccc4)cc3)C3(c4ccccc4)C=CC(c4ccccc4)=CC3)cc21. The van der Waals surface area contributed by atoms with Crippen LogP contribution in [0.5, 0.6) is 0 Å². The molecule has 0 bridgehead atoms. The minimum absolute atomic E-state index is 0.123. The van der Waals surface area contributed by atoms with Crippen LogP contribution in [0.15, 0.2) is 218 Å². The molecule has 0 saturated heterocycles. The molecule has 8 aromatic carbocycles. The molecule has 1 unspecified atom stereocenters. The van der Waals surface area contributed by atoms with Gasteiger partial charge in [0.25, 0.3) is 0 Å². The Morgan fingerprint density at radius 2 is 1.10 bits per heavy atom. The van der Waals surface area contributed by atoms with Crippen LogP contribution in [0, 0.1) is 0 Å². The summed E-state index contributed by atoms with van der Waals surface area (Å²) in [5.74, 6) is 0. The van der Waals surface area contributed by atoms with Crippen molar-refractivity contribution in [2.45, 2.75) is 31.2 Å². The van der Waals surface area contributed by atoms with Gasteiger partial charge in [0.05, 0.1) is 16.6 Å². The van der Waals surface area contributed by atoms with Crippen LogP contribution in [0.1, 0.15) is 42.5 Å². The number of anilines is 2. The first-order chi connectivity index (χ1) is 29.0. The minimum atomic E-state index is -0.483. The topological polar surface area (TPSA) is 8.17 Å². The van der Waals surface area contributed by atoms with E-state index in [2.05, 4.69) is 242 Å². The number of rotatable bonds is 7. The molecule has 0 saturated carbocycles. The summed E-state index contributed by atoms with van der Waals surface area (Å²) in [5, 5.41) is 2.51. The van der Waals surface area contributed by atoms with Crippen molar-refractivity contribution in [3.05, 3.63) is 241 Å². The van der Waals surface area contributed by atoms with Crippen LogP contribution in [0.3, 0.4) is 0 Å². The Kier molecular flexibility index (Phi) is 8.16. The first-order valence-electron chi connectivity index (χ1n) is 20.7. The van der Waals surface area contributed by atoms with Crippen molar-refractivity contribution in [3.63, 3.8) is 0 Å². The van der Waals surface area contributed by atoms with Gasteiger partial charge in [-0.2, -0.15) is 0 Å². The summed E-state index contributed by atoms with van der Waals surface area (Å²) in [6.07, 6.45) is 8.02. The van der Waals surface area contributed by atoms with Gasteiger partial charge in [-0.25, -0.2) is 0 Å². The van der Waals surface area contributed by atoms with E-state index in [1.807, 2.05) is 0 Å². The lowest BCUT2D eigenvalue weighted by atomic mass is 9.78. The Morgan fingerprint density at radius 1 is 0.475 bits per heavy atom. The maximum Gasteiger partial charge on any atom is 0.0923 e. The van der Waals surface area contributed by atoms with E-state index in [-0.39, 0.29) is 5.41 Å². The molecule has 1 aromatic heterocycles. The van der Waals surface area contributed by atoms with Crippen molar-refractivity contribution >= 4 is 38.8 Å². The van der Waals surface area contributed by atoms with Crippen LogP contribution in [0.25, 0.3) is 55.3 Å². The monoisotopic (exact) mass is 756 g/mol. The van der Waals surface area contributed by atoms with Crippen molar-refractivity contribution < 1.29 is 0 Å². The van der Waals surface area contributed by atoms with Crippen molar-refractivity contribution in [2.24, 2.45) is 0 Å². The van der Waals surface area contributed by atoms with Crippen LogP contribution >= 0.6 is 0 Å². The third-order valence-corrected chi connectivity index (χ3v) is 12.9. The first kappa shape index (κ1) is 35.0. The summed E-state index contributed by atoms with van der Waals surface area (Å²) in [6, 6.07) is 73.5. The normalized spacial score (nSPS) is 16.5. The Balaban J connectivity index is 1.06. The fourth-order valence-electron chi connectivity index (χ4n) is 9.96. The number of allylic oxidation sites excluding steroid dienone is 2. The summed E-state index contributed by atoms with van der Waals surface area (Å²) in [5.41, 5.74) is 16.9. The molecular formula is C57H44N2. The van der Waals surface area contributed by atoms with Gasteiger partial charge in [0, 0.05) is 33.2 Å². The summed E-state index contributed by atoms with van der Waals surface area (Å²) in [6.45, 7) is 4.74. The second-order valence-electron chi connectivity index (χ2n) is 16.6. The lowest BCUT2D eigenvalue weighted by Gasteiger charge is -2.45. The molecule has 59 heavy (non-hydrogen) atoms. The fourth-order valence-corrected chi connectivity index (χ4v) is 9.96. The Labute approximate surface area is 346 Å². The predicted molar refractivity (Wildman–Crippen MR) is 249 cm³/mol. The van der Waals surface area contributed by atoms with E-state index in [1.165, 1.54) is 83.3 Å². The highest BCUT2D eigenvalue weighted by Gasteiger charge is 2.41. The van der Waals surface area contributed by atoms with Gasteiger partial charge in [-0.1, -0.05) is 178 Å². The lowest BCUT2D eigenvalue weighted by molar-refractivity contribution is 0.547. The smallest absolute Gasteiger partial charge is 0.0923 e. The zero-order chi connectivity index (χ0) is 39.6. The second-order valence-corrected chi connectivity index (χ2v) is 16.6. The van der Waals surface area contributed by atoms with Gasteiger partial charge in [0.15, 0.2) is 0 Å². The molecule has 1 heterocycles. The Hall–Kier alpha value is -7.16. The third kappa shape index (κ3) is 5.62. The van der Waals surface area contributed by atoms with E-state index in [9.17, 15) is 0 Å². The fraction of sp³-hybridized carbons (Fsp3) is 0.0877. The molecule has 1 atom stereocenters. The van der Waals surface area contributed by atoms with Crippen LogP contribution < -0.4 is 4.90 Å². The minimum Gasteiger partial charge on any atom is -0.327 e. The molecule has 0 radical (unpaired) electrons. The molecule has 11 rings (SSSR count). The van der Waals surface area contributed by atoms with E-state index < -0.39 is 5.54 Å². The van der Waals surface area contributed by atoms with Gasteiger partial charge in [0.2, 0.25) is 0 Å². The summed E-state index contributed by atoms with van der Waals surface area (Å²) < 4.78 is 2.38. The molecule has 0 fully saturated rings. The molecule has 0 N–H and O–H groups in total. The van der Waals surface area contributed by atoms with Crippen LogP contribution in [-0.2, 0) is 11.0 Å². The molecular weight excluding hydrogens is 713 g/mol. The van der Waals surface area contributed by atoms with E-state index in [0.29, 0.717) is 0 Å². The van der Waals surface area contributed by atoms with Gasteiger partial charge in [-0.3, -0.25) is 0 Å². The average Bonchev–Trinajstić information content (AvgIpc) is 3.75. The Bertz CT molecular complexity index is 3080. The lowest BCUT2D eigenvalue weighted by Crippen LogP contribution is -2.42. The molecule has 2 aliphatic rings. The van der Waals surface area contributed by atoms with Gasteiger partial charge >= 0.3 is 0 Å². The highest BCUT2D eigenvalue weighted by molar-refractivity contribution is 6.10. The summed E-state index contributed by atoms with van der Waals surface area (Å²) >= 11 is 0. The number of fused-ring (bicyclic) bond motifs is 6. The number of hydrogen-bond donors (Lipinski definition) is 0. The van der Waals surface area contributed by atoms with Crippen molar-refractivity contribution in [3.8, 4) is 27.9 Å². The van der Waals surface area contributed by atoms with Crippen molar-refractivity contribution in [1.82, 2.24) is 4.57 Å². The zero-order valence-electron chi connectivity index (χ0n) is 33.4. The number of aromatic nitrogens is 1. The largest absolute Gasteiger partial charge is 0.327 e. The van der Waals surface area contributed by atoms with E-state index in [1.54, 1.807) is 0 Å². The standard InChI is InChI=1S/C57H44N2/c1-56(2)52-24-14-12-22-48(52)49-32-31-47(39-53(49)56)59(57(44-18-8-4-9-19-44)36-34-42(35-37-57)40-16-6-3-7-17-40)46-29-26-41(27-30-46)43-28-33-55-51(38-43)50-23-13-15-25-54(50)58(55)45-20-10-5-11-21-45/h3-36,38-39H,37H2,1-2H3. The number of para-hydroxylation sites is 2. The molecule has 2 heteroatoms. The van der Waals surface area contributed by atoms with Crippen LogP contribution in [0.4, 0.5) is 11.4 Å². The van der Waals surface area contributed by atoms with Crippen LogP contribution in [-0.4, -0.2) is 4.57 Å². The quantitative estimate of drug-likeness (QED) is 0.157. The first-order valence-corrected chi connectivity index (χ1v) is 20.7. The zero-order valence-corrected chi connectivity index (χ0v) is 33.4. The molecule has 0 spiro atoms. The van der Waals surface area contributed by atoms with Gasteiger partial charge < -0.3 is 9.47 Å². The number of hydrogen-bond acceptors (Lipinski definition) is 1. The van der Waals surface area contributed by atoms with Gasteiger partial charge in [-0.15, -0.1) is 0 Å². The predicted octanol–water partition coefficient (Wildman–Crippen LogP) is 14.8. The second kappa shape index (κ2) is 13.7. The maximum absolute atomic E-state index is 2.59. The van der Waals surface area contributed by atoms with E-state index in [4.69, 9.17) is 0 Å². The number of benzene rings is 8. The van der Waals surface area contributed by atoms with Crippen molar-refractivity contribution in [1.29, 1.82) is 0 Å². The maximum atomic E-state index is 2.59. The summed E-state index contributed by atoms with van der Waals surface area (Å²) in [7, 11) is 0. The van der Waals surface area contributed by atoms with Gasteiger partial charge in [0.1, 0.15) is 0 Å². The Morgan fingerprint density at radius 3 is 1.86 bits per heavy atom. The molecule has 2 aliphatic carbocycles.